The number of amides is 1. The molecule has 2 aliphatic rings. The number of aryl methyl sites for hydroxylation is 3. The zero-order valence-corrected chi connectivity index (χ0v) is 17.3. The molecule has 1 saturated heterocycles. The largest absolute Gasteiger partial charge is 0.480 e. The highest BCUT2D eigenvalue weighted by Gasteiger charge is 2.44. The Bertz CT molecular complexity index is 729. The van der Waals surface area contributed by atoms with E-state index in [0.29, 0.717) is 25.9 Å². The Labute approximate surface area is 172 Å². The Kier molecular flexibility index (Phi) is 7.24. The number of unbranched alkanes of at least 4 members (excludes halogenated alkanes) is 1. The molecule has 1 atom stereocenters. The van der Waals surface area contributed by atoms with Crippen LogP contribution in [0.2, 0.25) is 0 Å². The van der Waals surface area contributed by atoms with Gasteiger partial charge < -0.3 is 20.4 Å². The number of carbonyl (C=O) groups is 2. The van der Waals surface area contributed by atoms with Gasteiger partial charge in [-0.3, -0.25) is 9.78 Å². The van der Waals surface area contributed by atoms with Crippen molar-refractivity contribution in [1.29, 1.82) is 0 Å². The zero-order chi connectivity index (χ0) is 20.9. The average Bonchev–Trinajstić information content (AvgIpc) is 2.70. The number of fused-ring (bicyclic) bond motifs is 1. The molecule has 1 aliphatic heterocycles. The molecule has 3 N–H and O–H groups in total. The van der Waals surface area contributed by atoms with Gasteiger partial charge in [0.1, 0.15) is 0 Å². The summed E-state index contributed by atoms with van der Waals surface area (Å²) in [7, 11) is 0. The van der Waals surface area contributed by atoms with Gasteiger partial charge in [-0.15, -0.1) is 0 Å². The lowest BCUT2D eigenvalue weighted by Crippen LogP contribution is -2.60. The van der Waals surface area contributed by atoms with Crippen LogP contribution in [-0.4, -0.2) is 63.3 Å². The lowest BCUT2D eigenvalue weighted by Gasteiger charge is -2.41. The van der Waals surface area contributed by atoms with Crippen molar-refractivity contribution in [3.8, 4) is 0 Å². The van der Waals surface area contributed by atoms with Crippen molar-refractivity contribution >= 4 is 11.9 Å². The van der Waals surface area contributed by atoms with Crippen LogP contribution in [-0.2, 0) is 28.9 Å². The van der Waals surface area contributed by atoms with Crippen molar-refractivity contribution in [3.05, 3.63) is 29.1 Å². The van der Waals surface area contributed by atoms with Crippen LogP contribution in [0.5, 0.6) is 0 Å². The first-order valence-electron chi connectivity index (χ1n) is 10.8. The van der Waals surface area contributed by atoms with Crippen LogP contribution in [0.1, 0.15) is 62.4 Å². The van der Waals surface area contributed by atoms with Gasteiger partial charge in [0.25, 0.3) is 0 Å². The summed E-state index contributed by atoms with van der Waals surface area (Å²) < 4.78 is 0. The number of carboxylic acids is 1. The van der Waals surface area contributed by atoms with Crippen LogP contribution in [0.25, 0.3) is 0 Å². The van der Waals surface area contributed by atoms with E-state index < -0.39 is 23.5 Å². The number of aliphatic carboxylic acids is 1. The zero-order valence-electron chi connectivity index (χ0n) is 17.3. The molecule has 0 bridgehead atoms. The molecule has 1 aromatic heterocycles. The van der Waals surface area contributed by atoms with Gasteiger partial charge in [0.2, 0.25) is 5.91 Å². The average molecular weight is 404 g/mol. The fourth-order valence-corrected chi connectivity index (χ4v) is 4.49. The lowest BCUT2D eigenvalue weighted by molar-refractivity contribution is -0.153. The lowest BCUT2D eigenvalue weighted by atomic mass is 9.84. The summed E-state index contributed by atoms with van der Waals surface area (Å²) in [6.07, 6.45) is 8.57. The maximum Gasteiger partial charge on any atom is 0.329 e. The predicted molar refractivity (Wildman–Crippen MR) is 110 cm³/mol. The molecule has 7 nitrogen and oxygen atoms in total. The molecule has 29 heavy (non-hydrogen) atoms. The van der Waals surface area contributed by atoms with E-state index in [1.807, 2.05) is 0 Å². The molecule has 160 valence electrons. The van der Waals surface area contributed by atoms with Gasteiger partial charge in [0, 0.05) is 31.4 Å². The quantitative estimate of drug-likeness (QED) is 0.571. The number of likely N-dealkylation sites (tertiary alicyclic amines) is 1. The van der Waals surface area contributed by atoms with Crippen LogP contribution in [0.4, 0.5) is 0 Å². The SMILES string of the molecule is CC(=O)NC(C(=O)O)C1(O)CCN(CCCCc2ccc3c(n2)CCCC3)CC1. The van der Waals surface area contributed by atoms with Crippen LogP contribution >= 0.6 is 0 Å². The van der Waals surface area contributed by atoms with Gasteiger partial charge in [0.05, 0.1) is 5.60 Å². The standard InChI is InChI=1S/C22H33N3O4/c1-16(26)23-20(21(27)28)22(29)11-14-25(15-12-22)13-5-4-7-18-10-9-17-6-2-3-8-19(17)24-18/h9-10,20,29H,2-8,11-15H2,1H3,(H,23,26)(H,27,28). The smallest absolute Gasteiger partial charge is 0.329 e. The molecule has 1 amide bonds. The number of rotatable bonds is 8. The molecule has 0 radical (unpaired) electrons. The summed E-state index contributed by atoms with van der Waals surface area (Å²) >= 11 is 0. The Morgan fingerprint density at radius 2 is 1.93 bits per heavy atom. The minimum absolute atomic E-state index is 0.344. The Morgan fingerprint density at radius 1 is 1.21 bits per heavy atom. The van der Waals surface area contributed by atoms with Crippen LogP contribution in [0.3, 0.4) is 0 Å². The number of nitrogens with zero attached hydrogens (tertiary/aromatic N) is 2. The summed E-state index contributed by atoms with van der Waals surface area (Å²) in [5, 5.41) is 22.5. The van der Waals surface area contributed by atoms with Gasteiger partial charge in [-0.05, 0) is 76.0 Å². The molecular formula is C22H33N3O4. The molecule has 1 fully saturated rings. The number of piperidine rings is 1. The highest BCUT2D eigenvalue weighted by molar-refractivity contribution is 5.83. The Morgan fingerprint density at radius 3 is 2.62 bits per heavy atom. The highest BCUT2D eigenvalue weighted by atomic mass is 16.4. The maximum atomic E-state index is 11.5. The number of aliphatic hydroxyl groups is 1. The molecule has 0 aromatic carbocycles. The van der Waals surface area contributed by atoms with E-state index in [1.165, 1.54) is 36.7 Å². The Balaban J connectivity index is 1.41. The van der Waals surface area contributed by atoms with E-state index in [0.717, 1.165) is 38.6 Å². The molecular weight excluding hydrogens is 370 g/mol. The van der Waals surface area contributed by atoms with Crippen molar-refractivity contribution in [1.82, 2.24) is 15.2 Å². The summed E-state index contributed by atoms with van der Waals surface area (Å²) in [5.41, 5.74) is 2.50. The van der Waals surface area contributed by atoms with Gasteiger partial charge in [-0.2, -0.15) is 0 Å². The maximum absolute atomic E-state index is 11.5. The molecule has 1 aromatic rings. The van der Waals surface area contributed by atoms with Gasteiger partial charge in [-0.25, -0.2) is 4.79 Å². The number of nitrogens with one attached hydrogen (secondary N) is 1. The van der Waals surface area contributed by atoms with Crippen molar-refractivity contribution in [3.63, 3.8) is 0 Å². The number of pyridine rings is 1. The van der Waals surface area contributed by atoms with E-state index >= 15 is 0 Å². The first-order chi connectivity index (χ1) is 13.9. The molecule has 2 heterocycles. The number of carboxylic acid groups (broad SMARTS) is 1. The summed E-state index contributed by atoms with van der Waals surface area (Å²) in [6.45, 7) is 3.47. The van der Waals surface area contributed by atoms with Crippen LogP contribution < -0.4 is 5.32 Å². The molecule has 1 aliphatic carbocycles. The minimum atomic E-state index is -1.39. The predicted octanol–water partition coefficient (Wildman–Crippen LogP) is 1.70. The Hall–Kier alpha value is -1.99. The molecule has 7 heteroatoms. The highest BCUT2D eigenvalue weighted by Crippen LogP contribution is 2.26. The third-order valence-corrected chi connectivity index (χ3v) is 6.25. The topological polar surface area (TPSA) is 103 Å². The van der Waals surface area contributed by atoms with Crippen molar-refractivity contribution < 1.29 is 19.8 Å². The second-order valence-electron chi connectivity index (χ2n) is 8.49. The van der Waals surface area contributed by atoms with E-state index in [2.05, 4.69) is 22.3 Å². The van der Waals surface area contributed by atoms with Gasteiger partial charge in [0.15, 0.2) is 6.04 Å². The first kappa shape index (κ1) is 21.7. The molecule has 3 rings (SSSR count). The number of carbonyl (C=O) groups excluding carboxylic acids is 1. The summed E-state index contributed by atoms with van der Waals surface area (Å²) in [6, 6.07) is 3.16. The number of hydrogen-bond donors (Lipinski definition) is 3. The van der Waals surface area contributed by atoms with E-state index in [4.69, 9.17) is 4.98 Å². The van der Waals surface area contributed by atoms with Crippen LogP contribution in [0, 0.1) is 0 Å². The summed E-state index contributed by atoms with van der Waals surface area (Å²) in [5.74, 6) is -1.63. The number of hydrogen-bond acceptors (Lipinski definition) is 5. The third kappa shape index (κ3) is 5.76. The van der Waals surface area contributed by atoms with E-state index in [-0.39, 0.29) is 0 Å². The monoisotopic (exact) mass is 403 g/mol. The fraction of sp³-hybridized carbons (Fsp3) is 0.682. The van der Waals surface area contributed by atoms with Crippen molar-refractivity contribution in [2.45, 2.75) is 76.4 Å². The minimum Gasteiger partial charge on any atom is -0.480 e. The second-order valence-corrected chi connectivity index (χ2v) is 8.49. The molecule has 0 saturated carbocycles. The second kappa shape index (κ2) is 9.67. The van der Waals surface area contributed by atoms with Crippen molar-refractivity contribution in [2.24, 2.45) is 0 Å². The third-order valence-electron chi connectivity index (χ3n) is 6.25. The van der Waals surface area contributed by atoms with Gasteiger partial charge in [-0.1, -0.05) is 6.07 Å². The number of aromatic nitrogens is 1. The summed E-state index contributed by atoms with van der Waals surface area (Å²) in [4.78, 5) is 29.8. The fourth-order valence-electron chi connectivity index (χ4n) is 4.49. The normalized spacial score (nSPS) is 19.9. The van der Waals surface area contributed by atoms with E-state index in [1.54, 1.807) is 0 Å². The van der Waals surface area contributed by atoms with E-state index in [9.17, 15) is 19.8 Å². The molecule has 1 unspecified atom stereocenters. The first-order valence-corrected chi connectivity index (χ1v) is 10.8. The molecule has 0 spiro atoms. The van der Waals surface area contributed by atoms with Crippen molar-refractivity contribution in [2.75, 3.05) is 19.6 Å². The van der Waals surface area contributed by atoms with Gasteiger partial charge >= 0.3 is 5.97 Å². The van der Waals surface area contributed by atoms with Crippen LogP contribution in [0.15, 0.2) is 12.1 Å².